The van der Waals surface area contributed by atoms with E-state index in [-0.39, 0.29) is 16.9 Å². The van der Waals surface area contributed by atoms with Gasteiger partial charge in [0.05, 0.1) is 10.4 Å². The van der Waals surface area contributed by atoms with Gasteiger partial charge in [0.25, 0.3) is 0 Å². The predicted octanol–water partition coefficient (Wildman–Crippen LogP) is 3.11. The molecule has 3 nitrogen and oxygen atoms in total. The van der Waals surface area contributed by atoms with Crippen molar-refractivity contribution in [3.8, 4) is 0 Å². The first-order valence-electron chi connectivity index (χ1n) is 4.14. The number of Topliss-reactive ketones (excluding diaryl/α,β-unsaturated/α-hetero) is 1. The zero-order chi connectivity index (χ0) is 11.6. The van der Waals surface area contributed by atoms with Gasteiger partial charge in [-0.15, -0.1) is 0 Å². The third-order valence-electron chi connectivity index (χ3n) is 1.84. The SMILES string of the molecule is CC(Br)C(=O)c1cc(Br)ccc1C(=O)O. The standard InChI is InChI=1S/C10H8Br2O3/c1-5(11)9(13)8-4-6(12)2-3-7(8)10(14)15/h2-5H,1H3,(H,14,15). The van der Waals surface area contributed by atoms with Crippen molar-refractivity contribution >= 4 is 43.6 Å². The van der Waals surface area contributed by atoms with Gasteiger partial charge in [0.15, 0.2) is 5.78 Å². The Morgan fingerprint density at radius 3 is 2.40 bits per heavy atom. The lowest BCUT2D eigenvalue weighted by atomic mass is 10.0. The van der Waals surface area contributed by atoms with Crippen LogP contribution in [0, 0.1) is 0 Å². The minimum absolute atomic E-state index is 0.0227. The van der Waals surface area contributed by atoms with E-state index in [2.05, 4.69) is 31.9 Å². The van der Waals surface area contributed by atoms with Crippen molar-refractivity contribution < 1.29 is 14.7 Å². The van der Waals surface area contributed by atoms with Gasteiger partial charge in [-0.25, -0.2) is 4.79 Å². The highest BCUT2D eigenvalue weighted by Crippen LogP contribution is 2.20. The van der Waals surface area contributed by atoms with E-state index in [1.54, 1.807) is 13.0 Å². The molecule has 0 radical (unpaired) electrons. The molecule has 1 N–H and O–H groups in total. The number of carbonyl (C=O) groups is 2. The van der Waals surface area contributed by atoms with Gasteiger partial charge >= 0.3 is 5.97 Å². The molecular formula is C10H8Br2O3. The molecular weight excluding hydrogens is 328 g/mol. The second-order valence-corrected chi connectivity index (χ2v) is 5.26. The normalized spacial score (nSPS) is 12.2. The molecule has 0 aliphatic heterocycles. The van der Waals surface area contributed by atoms with E-state index in [1.807, 2.05) is 0 Å². The maximum absolute atomic E-state index is 11.7. The van der Waals surface area contributed by atoms with Crippen LogP contribution in [0.4, 0.5) is 0 Å². The molecule has 1 rings (SSSR count). The van der Waals surface area contributed by atoms with Crippen molar-refractivity contribution in [2.45, 2.75) is 11.8 Å². The fraction of sp³-hybridized carbons (Fsp3) is 0.200. The molecule has 0 saturated carbocycles. The molecule has 1 aromatic rings. The summed E-state index contributed by atoms with van der Waals surface area (Å²) in [6, 6.07) is 4.53. The van der Waals surface area contributed by atoms with E-state index < -0.39 is 10.8 Å². The molecule has 15 heavy (non-hydrogen) atoms. The summed E-state index contributed by atoms with van der Waals surface area (Å²) in [4.78, 5) is 22.2. The van der Waals surface area contributed by atoms with Crippen LogP contribution in [0.2, 0.25) is 0 Å². The molecule has 5 heteroatoms. The van der Waals surface area contributed by atoms with Gasteiger partial charge in [-0.3, -0.25) is 4.79 Å². The molecule has 0 amide bonds. The molecule has 0 aliphatic rings. The monoisotopic (exact) mass is 334 g/mol. The van der Waals surface area contributed by atoms with Crippen molar-refractivity contribution in [2.75, 3.05) is 0 Å². The number of carboxylic acids is 1. The lowest BCUT2D eigenvalue weighted by Crippen LogP contribution is -2.15. The van der Waals surface area contributed by atoms with Crippen LogP contribution in [0.15, 0.2) is 22.7 Å². The summed E-state index contributed by atoms with van der Waals surface area (Å²) in [7, 11) is 0. The third-order valence-corrected chi connectivity index (χ3v) is 2.75. The highest BCUT2D eigenvalue weighted by Gasteiger charge is 2.19. The molecule has 0 spiro atoms. The zero-order valence-electron chi connectivity index (χ0n) is 7.83. The topological polar surface area (TPSA) is 54.4 Å². The molecule has 80 valence electrons. The number of carboxylic acid groups (broad SMARTS) is 1. The van der Waals surface area contributed by atoms with Crippen LogP contribution >= 0.6 is 31.9 Å². The second-order valence-electron chi connectivity index (χ2n) is 2.98. The summed E-state index contributed by atoms with van der Waals surface area (Å²) >= 11 is 6.33. The molecule has 1 aromatic carbocycles. The number of halogens is 2. The number of alkyl halides is 1. The average Bonchev–Trinajstić information content (AvgIpc) is 2.15. The van der Waals surface area contributed by atoms with Gasteiger partial charge in [0, 0.05) is 10.0 Å². The Labute approximate surface area is 104 Å². The Morgan fingerprint density at radius 2 is 1.93 bits per heavy atom. The van der Waals surface area contributed by atoms with Gasteiger partial charge in [0.2, 0.25) is 0 Å². The van der Waals surface area contributed by atoms with E-state index in [1.165, 1.54) is 12.1 Å². The molecule has 0 saturated heterocycles. The Morgan fingerprint density at radius 1 is 1.33 bits per heavy atom. The first-order chi connectivity index (χ1) is 6.93. The minimum atomic E-state index is -1.10. The van der Waals surface area contributed by atoms with Crippen LogP contribution in [0.5, 0.6) is 0 Å². The summed E-state index contributed by atoms with van der Waals surface area (Å²) in [5.74, 6) is -1.34. The fourth-order valence-corrected chi connectivity index (χ4v) is 1.73. The van der Waals surface area contributed by atoms with Crippen LogP contribution in [0.1, 0.15) is 27.6 Å². The van der Waals surface area contributed by atoms with Crippen molar-refractivity contribution in [2.24, 2.45) is 0 Å². The van der Waals surface area contributed by atoms with Gasteiger partial charge in [-0.1, -0.05) is 31.9 Å². The Bertz CT molecular complexity index is 413. The second kappa shape index (κ2) is 4.90. The number of carbonyl (C=O) groups excluding carboxylic acids is 1. The maximum atomic E-state index is 11.7. The largest absolute Gasteiger partial charge is 0.478 e. The van der Waals surface area contributed by atoms with Crippen molar-refractivity contribution in [1.82, 2.24) is 0 Å². The van der Waals surface area contributed by atoms with Gasteiger partial charge in [-0.2, -0.15) is 0 Å². The van der Waals surface area contributed by atoms with E-state index in [4.69, 9.17) is 5.11 Å². The lowest BCUT2D eigenvalue weighted by Gasteiger charge is -2.07. The number of aromatic carboxylic acids is 1. The molecule has 0 fully saturated rings. The van der Waals surface area contributed by atoms with Crippen LogP contribution in [-0.4, -0.2) is 21.7 Å². The van der Waals surface area contributed by atoms with Crippen LogP contribution < -0.4 is 0 Å². The van der Waals surface area contributed by atoms with Crippen molar-refractivity contribution in [3.63, 3.8) is 0 Å². The summed E-state index contributed by atoms with van der Waals surface area (Å²) in [5, 5.41) is 8.90. The quantitative estimate of drug-likeness (QED) is 0.682. The Hall–Kier alpha value is -0.680. The fourth-order valence-electron chi connectivity index (χ4n) is 1.12. The van der Waals surface area contributed by atoms with E-state index in [0.717, 1.165) is 0 Å². The van der Waals surface area contributed by atoms with Gasteiger partial charge < -0.3 is 5.11 Å². The smallest absolute Gasteiger partial charge is 0.336 e. The summed E-state index contributed by atoms with van der Waals surface area (Å²) in [6.45, 7) is 1.66. The molecule has 1 unspecified atom stereocenters. The first-order valence-corrected chi connectivity index (χ1v) is 5.85. The predicted molar refractivity (Wildman–Crippen MR) is 63.8 cm³/mol. The zero-order valence-corrected chi connectivity index (χ0v) is 11.0. The van der Waals surface area contributed by atoms with Crippen LogP contribution in [0.3, 0.4) is 0 Å². The Kier molecular flexibility index (Phi) is 4.04. The number of hydrogen-bond acceptors (Lipinski definition) is 2. The highest BCUT2D eigenvalue weighted by molar-refractivity contribution is 9.10. The Balaban J connectivity index is 3.30. The van der Waals surface area contributed by atoms with E-state index >= 15 is 0 Å². The number of benzene rings is 1. The summed E-state index contributed by atoms with van der Waals surface area (Å²) in [5.41, 5.74) is 0.232. The third kappa shape index (κ3) is 2.89. The van der Waals surface area contributed by atoms with Gasteiger partial charge in [0.1, 0.15) is 0 Å². The van der Waals surface area contributed by atoms with Crippen molar-refractivity contribution in [3.05, 3.63) is 33.8 Å². The van der Waals surface area contributed by atoms with Crippen LogP contribution in [-0.2, 0) is 0 Å². The number of rotatable bonds is 3. The molecule has 0 aliphatic carbocycles. The van der Waals surface area contributed by atoms with E-state index in [0.29, 0.717) is 4.47 Å². The maximum Gasteiger partial charge on any atom is 0.336 e. The van der Waals surface area contributed by atoms with Crippen LogP contribution in [0.25, 0.3) is 0 Å². The lowest BCUT2D eigenvalue weighted by molar-refractivity contribution is 0.0692. The van der Waals surface area contributed by atoms with Gasteiger partial charge in [-0.05, 0) is 25.1 Å². The minimum Gasteiger partial charge on any atom is -0.478 e. The first kappa shape index (κ1) is 12.4. The van der Waals surface area contributed by atoms with Crippen molar-refractivity contribution in [1.29, 1.82) is 0 Å². The summed E-state index contributed by atoms with van der Waals surface area (Å²) in [6.07, 6.45) is 0. The highest BCUT2D eigenvalue weighted by atomic mass is 79.9. The molecule has 0 heterocycles. The average molecular weight is 336 g/mol. The number of ketones is 1. The van der Waals surface area contributed by atoms with E-state index in [9.17, 15) is 9.59 Å². The molecule has 0 aromatic heterocycles. The summed E-state index contributed by atoms with van der Waals surface area (Å²) < 4.78 is 0.684. The molecule has 1 atom stereocenters. The number of hydrogen-bond donors (Lipinski definition) is 1. The molecule has 0 bridgehead atoms.